The van der Waals surface area contributed by atoms with Crippen molar-refractivity contribution in [3.8, 4) is 0 Å². The van der Waals surface area contributed by atoms with Crippen LogP contribution in [0.4, 0.5) is 0 Å². The van der Waals surface area contributed by atoms with Crippen LogP contribution < -0.4 is 0 Å². The van der Waals surface area contributed by atoms with Crippen LogP contribution in [-0.4, -0.2) is 63.5 Å². The van der Waals surface area contributed by atoms with Crippen molar-refractivity contribution >= 4 is 67.0 Å². The molecule has 266 valence electrons. The summed E-state index contributed by atoms with van der Waals surface area (Å²) in [5.41, 5.74) is 0.992. The van der Waals surface area contributed by atoms with Crippen LogP contribution in [-0.2, 0) is 47.6 Å². The maximum Gasteiger partial charge on any atom is 0.352 e. The SMILES string of the molecule is CCOC(=O)[C@@H](OC(=O)[C@@H](OC)c1c2ccccc2cc2ccccc12)[C@@H](OC(=O)[C@@H](OC)c1c2ccccc2cc2ccccc12)C(=O)OCC. The van der Waals surface area contributed by atoms with E-state index in [1.54, 1.807) is 13.8 Å². The first-order valence-electron chi connectivity index (χ1n) is 16.9. The highest BCUT2D eigenvalue weighted by atomic mass is 16.7. The zero-order chi connectivity index (χ0) is 36.8. The minimum Gasteiger partial charge on any atom is -0.463 e. The van der Waals surface area contributed by atoms with Crippen LogP contribution in [0.1, 0.15) is 37.2 Å². The molecule has 0 bridgehead atoms. The zero-order valence-electron chi connectivity index (χ0n) is 29.2. The van der Waals surface area contributed by atoms with Gasteiger partial charge in [-0.25, -0.2) is 19.2 Å². The van der Waals surface area contributed by atoms with E-state index in [1.165, 1.54) is 14.2 Å². The van der Waals surface area contributed by atoms with E-state index in [1.807, 2.05) is 109 Å². The Hall–Kier alpha value is -5.84. The summed E-state index contributed by atoms with van der Waals surface area (Å²) in [6.45, 7) is 2.85. The van der Waals surface area contributed by atoms with Crippen molar-refractivity contribution in [2.45, 2.75) is 38.3 Å². The number of hydrogen-bond acceptors (Lipinski definition) is 10. The van der Waals surface area contributed by atoms with Crippen LogP contribution in [0.3, 0.4) is 0 Å². The fraction of sp³-hybridized carbons (Fsp3) is 0.238. The molecule has 10 nitrogen and oxygen atoms in total. The number of ether oxygens (including phenoxy) is 6. The van der Waals surface area contributed by atoms with Crippen LogP contribution in [0.15, 0.2) is 109 Å². The fourth-order valence-corrected chi connectivity index (χ4v) is 6.62. The van der Waals surface area contributed by atoms with Crippen molar-refractivity contribution in [3.63, 3.8) is 0 Å². The first-order chi connectivity index (χ1) is 25.3. The number of hydrogen-bond donors (Lipinski definition) is 0. The maximum atomic E-state index is 14.2. The second-order valence-electron chi connectivity index (χ2n) is 11.9. The summed E-state index contributed by atoms with van der Waals surface area (Å²) < 4.78 is 33.6. The van der Waals surface area contributed by atoms with Crippen LogP contribution in [0.2, 0.25) is 0 Å². The Morgan fingerprint density at radius 1 is 0.462 bits per heavy atom. The zero-order valence-corrected chi connectivity index (χ0v) is 29.2. The summed E-state index contributed by atoms with van der Waals surface area (Å²) in [5.74, 6) is -4.28. The highest BCUT2D eigenvalue weighted by Gasteiger charge is 2.45. The van der Waals surface area contributed by atoms with E-state index in [0.717, 1.165) is 43.1 Å². The lowest BCUT2D eigenvalue weighted by atomic mass is 9.93. The van der Waals surface area contributed by atoms with Crippen molar-refractivity contribution in [3.05, 3.63) is 120 Å². The van der Waals surface area contributed by atoms with Crippen LogP contribution in [0, 0.1) is 0 Å². The van der Waals surface area contributed by atoms with E-state index in [4.69, 9.17) is 28.4 Å². The molecule has 0 fully saturated rings. The first kappa shape index (κ1) is 36.0. The Kier molecular flexibility index (Phi) is 11.1. The standard InChI is InChI=1S/C42H38O10/c1-5-49-39(43)37(51-41(45)35(47-3)33-29-19-11-7-15-25(29)23-26-16-8-12-20-30(26)33)38(40(44)50-6-2)52-42(46)36(48-4)34-31-21-13-9-17-27(31)24-28-18-10-14-22-32(28)34/h7-24,35-38H,5-6H2,1-4H3/t35-,36-,37-,38+/m0/s1. The molecule has 52 heavy (non-hydrogen) atoms. The predicted octanol–water partition coefficient (Wildman–Crippen LogP) is 7.32. The normalized spacial score (nSPS) is 13.7. The molecule has 4 atom stereocenters. The van der Waals surface area contributed by atoms with Gasteiger partial charge >= 0.3 is 23.9 Å². The molecule has 0 aliphatic carbocycles. The molecule has 6 aromatic carbocycles. The molecule has 0 heterocycles. The number of benzene rings is 6. The lowest BCUT2D eigenvalue weighted by molar-refractivity contribution is -0.198. The number of methoxy groups -OCH3 is 2. The van der Waals surface area contributed by atoms with E-state index < -0.39 is 48.3 Å². The van der Waals surface area contributed by atoms with E-state index in [-0.39, 0.29) is 13.2 Å². The van der Waals surface area contributed by atoms with Crippen molar-refractivity contribution in [2.75, 3.05) is 27.4 Å². The molecule has 0 amide bonds. The smallest absolute Gasteiger partial charge is 0.352 e. The summed E-state index contributed by atoms with van der Waals surface area (Å²) in [5, 5.41) is 6.26. The van der Waals surface area contributed by atoms with Gasteiger partial charge in [-0.1, -0.05) is 97.1 Å². The lowest BCUT2D eigenvalue weighted by Gasteiger charge is -2.27. The number of carbonyl (C=O) groups is 4. The molecule has 6 aromatic rings. The van der Waals surface area contributed by atoms with Crippen molar-refractivity contribution in [1.29, 1.82) is 0 Å². The average molecular weight is 703 g/mol. The molecule has 0 aromatic heterocycles. The molecule has 0 saturated carbocycles. The quantitative estimate of drug-likeness (QED) is 0.0687. The van der Waals surface area contributed by atoms with Gasteiger partial charge in [0.25, 0.3) is 0 Å². The Morgan fingerprint density at radius 3 is 1.02 bits per heavy atom. The monoisotopic (exact) mass is 702 g/mol. The largest absolute Gasteiger partial charge is 0.463 e. The van der Waals surface area contributed by atoms with Gasteiger partial charge in [-0.05, 0) is 69.1 Å². The van der Waals surface area contributed by atoms with Crippen molar-refractivity contribution in [2.24, 2.45) is 0 Å². The van der Waals surface area contributed by atoms with Gasteiger partial charge in [0, 0.05) is 25.3 Å². The minimum atomic E-state index is -2.06. The Balaban J connectivity index is 1.40. The Labute approximate surface area is 300 Å². The van der Waals surface area contributed by atoms with E-state index in [9.17, 15) is 19.2 Å². The van der Waals surface area contributed by atoms with Crippen LogP contribution in [0.5, 0.6) is 0 Å². The van der Waals surface area contributed by atoms with Gasteiger partial charge in [0.2, 0.25) is 12.2 Å². The molecule has 0 radical (unpaired) electrons. The molecule has 0 saturated heterocycles. The summed E-state index contributed by atoms with van der Waals surface area (Å²) in [7, 11) is 2.67. The second kappa shape index (κ2) is 16.0. The molecular formula is C42H38O10. The minimum absolute atomic E-state index is 0.124. The summed E-state index contributed by atoms with van der Waals surface area (Å²) in [6, 6.07) is 33.9. The molecular weight excluding hydrogens is 664 g/mol. The maximum absolute atomic E-state index is 14.2. The highest BCUT2D eigenvalue weighted by Crippen LogP contribution is 2.37. The van der Waals surface area contributed by atoms with Crippen molar-refractivity contribution in [1.82, 2.24) is 0 Å². The molecule has 0 N–H and O–H groups in total. The van der Waals surface area contributed by atoms with Gasteiger partial charge in [-0.2, -0.15) is 0 Å². The molecule has 0 aliphatic heterocycles. The number of rotatable bonds is 13. The summed E-state index contributed by atoms with van der Waals surface area (Å²) >= 11 is 0. The molecule has 6 rings (SSSR count). The van der Waals surface area contributed by atoms with Gasteiger partial charge in [0.15, 0.2) is 12.2 Å². The summed E-state index contributed by atoms with van der Waals surface area (Å²) in [4.78, 5) is 55.5. The second-order valence-corrected chi connectivity index (χ2v) is 11.9. The first-order valence-corrected chi connectivity index (χ1v) is 16.9. The molecule has 10 heteroatoms. The third-order valence-electron chi connectivity index (χ3n) is 8.85. The van der Waals surface area contributed by atoms with Crippen LogP contribution >= 0.6 is 0 Å². The lowest BCUT2D eigenvalue weighted by Crippen LogP contribution is -2.48. The Bertz CT molecular complexity index is 2010. The number of carbonyl (C=O) groups excluding carboxylic acids is 4. The highest BCUT2D eigenvalue weighted by molar-refractivity contribution is 6.06. The van der Waals surface area contributed by atoms with Gasteiger partial charge in [0.1, 0.15) is 0 Å². The third-order valence-corrected chi connectivity index (χ3v) is 8.85. The van der Waals surface area contributed by atoms with Gasteiger partial charge in [0.05, 0.1) is 13.2 Å². The van der Waals surface area contributed by atoms with E-state index in [0.29, 0.717) is 11.1 Å². The predicted molar refractivity (Wildman–Crippen MR) is 195 cm³/mol. The number of esters is 4. The average Bonchev–Trinajstić information content (AvgIpc) is 3.16. The molecule has 0 unspecified atom stereocenters. The van der Waals surface area contributed by atoms with Gasteiger partial charge in [-0.3, -0.25) is 0 Å². The van der Waals surface area contributed by atoms with Crippen molar-refractivity contribution < 1.29 is 47.6 Å². The third kappa shape index (κ3) is 7.03. The molecule has 0 aliphatic rings. The number of fused-ring (bicyclic) bond motifs is 4. The Morgan fingerprint density at radius 2 is 0.750 bits per heavy atom. The summed E-state index contributed by atoms with van der Waals surface area (Å²) in [6.07, 6.45) is -6.84. The topological polar surface area (TPSA) is 124 Å². The fourth-order valence-electron chi connectivity index (χ4n) is 6.62. The van der Waals surface area contributed by atoms with Gasteiger partial charge < -0.3 is 28.4 Å². The molecule has 0 spiro atoms. The van der Waals surface area contributed by atoms with E-state index >= 15 is 0 Å². The van der Waals surface area contributed by atoms with Crippen LogP contribution in [0.25, 0.3) is 43.1 Å². The van der Waals surface area contributed by atoms with Gasteiger partial charge in [-0.15, -0.1) is 0 Å². The van der Waals surface area contributed by atoms with E-state index in [2.05, 4.69) is 0 Å².